The summed E-state index contributed by atoms with van der Waals surface area (Å²) in [5.41, 5.74) is 5.67. The summed E-state index contributed by atoms with van der Waals surface area (Å²) in [6, 6.07) is 0.967. The fourth-order valence-electron chi connectivity index (χ4n) is 9.52. The summed E-state index contributed by atoms with van der Waals surface area (Å²) in [6.45, 7) is 5.36. The zero-order chi connectivity index (χ0) is 25.3. The van der Waals surface area contributed by atoms with Gasteiger partial charge in [0.2, 0.25) is 0 Å². The Morgan fingerprint density at radius 2 is 1.00 bits per heavy atom. The molecule has 0 radical (unpaired) electrons. The zero-order valence-electron chi connectivity index (χ0n) is 24.9. The van der Waals surface area contributed by atoms with Crippen LogP contribution < -0.4 is 0 Å². The normalized spacial score (nSPS) is 30.6. The summed E-state index contributed by atoms with van der Waals surface area (Å²) in [5, 5.41) is 0. The van der Waals surface area contributed by atoms with E-state index in [-0.39, 0.29) is 15.8 Å². The average molecular weight is 548 g/mol. The van der Waals surface area contributed by atoms with Gasteiger partial charge < -0.3 is 0 Å². The topological polar surface area (TPSA) is 3.24 Å². The van der Waals surface area contributed by atoms with Crippen molar-refractivity contribution in [1.82, 2.24) is 4.90 Å². The van der Waals surface area contributed by atoms with Crippen LogP contribution in [0, 0.1) is 0 Å². The molecule has 37 heavy (non-hydrogen) atoms. The molecule has 0 bridgehead atoms. The lowest BCUT2D eigenvalue weighted by atomic mass is 9.99. The molecule has 1 nitrogen and oxygen atoms in total. The van der Waals surface area contributed by atoms with E-state index in [4.69, 9.17) is 0 Å². The SMILES string of the molecule is CCCCCN1C[C@@H](P(C2CCCCC2)C2CCCCC2)C[C@H]1CP(C1CCCCC1)C1CCCCC1. The van der Waals surface area contributed by atoms with Gasteiger partial charge in [-0.1, -0.05) is 113 Å². The summed E-state index contributed by atoms with van der Waals surface area (Å²) in [5.74, 6) is 0. The van der Waals surface area contributed by atoms with Gasteiger partial charge in [-0.2, -0.15) is 0 Å². The molecule has 0 amide bonds. The van der Waals surface area contributed by atoms with Gasteiger partial charge in [-0.3, -0.25) is 4.90 Å². The van der Waals surface area contributed by atoms with E-state index in [0.717, 1.165) is 34.3 Å². The van der Waals surface area contributed by atoms with Crippen LogP contribution in [0.4, 0.5) is 0 Å². The van der Waals surface area contributed by atoms with Crippen molar-refractivity contribution < 1.29 is 0 Å². The minimum Gasteiger partial charge on any atom is -0.299 e. The zero-order valence-corrected chi connectivity index (χ0v) is 26.7. The van der Waals surface area contributed by atoms with Crippen molar-refractivity contribution in [2.24, 2.45) is 0 Å². The van der Waals surface area contributed by atoms with Crippen LogP contribution >= 0.6 is 15.8 Å². The van der Waals surface area contributed by atoms with Gasteiger partial charge in [0, 0.05) is 12.6 Å². The van der Waals surface area contributed by atoms with Crippen molar-refractivity contribution in [2.45, 2.75) is 195 Å². The van der Waals surface area contributed by atoms with Crippen LogP contribution in [-0.2, 0) is 0 Å². The molecular formula is C34H63NP2. The minimum absolute atomic E-state index is 0.242. The highest BCUT2D eigenvalue weighted by Crippen LogP contribution is 2.63. The van der Waals surface area contributed by atoms with E-state index in [9.17, 15) is 0 Å². The van der Waals surface area contributed by atoms with Crippen molar-refractivity contribution in [3.05, 3.63) is 0 Å². The molecule has 0 N–H and O–H groups in total. The first kappa shape index (κ1) is 29.3. The molecule has 0 aromatic rings. The van der Waals surface area contributed by atoms with Crippen LogP contribution in [0.5, 0.6) is 0 Å². The van der Waals surface area contributed by atoms with E-state index in [1.54, 1.807) is 115 Å². The fourth-order valence-corrected chi connectivity index (χ4v) is 18.2. The smallest absolute Gasteiger partial charge is 0.0141 e. The third-order valence-corrected chi connectivity index (χ3v) is 19.2. The molecule has 0 unspecified atom stereocenters. The lowest BCUT2D eigenvalue weighted by Crippen LogP contribution is -2.35. The van der Waals surface area contributed by atoms with Gasteiger partial charge in [0.15, 0.2) is 0 Å². The second-order valence-corrected chi connectivity index (χ2v) is 20.0. The van der Waals surface area contributed by atoms with E-state index in [0.29, 0.717) is 0 Å². The molecule has 1 saturated heterocycles. The van der Waals surface area contributed by atoms with E-state index < -0.39 is 0 Å². The number of hydrogen-bond acceptors (Lipinski definition) is 1. The Hall–Kier alpha value is 0.820. The molecule has 4 saturated carbocycles. The lowest BCUT2D eigenvalue weighted by molar-refractivity contribution is 0.264. The molecule has 5 fully saturated rings. The van der Waals surface area contributed by atoms with E-state index in [1.165, 1.54) is 58.0 Å². The largest absolute Gasteiger partial charge is 0.299 e. The summed E-state index contributed by atoms with van der Waals surface area (Å²) in [4.78, 5) is 3.16. The number of rotatable bonds is 11. The molecule has 0 aromatic carbocycles. The second kappa shape index (κ2) is 15.7. The minimum atomic E-state index is 0.242. The van der Waals surface area contributed by atoms with Gasteiger partial charge in [0.05, 0.1) is 0 Å². The molecule has 0 aromatic heterocycles. The van der Waals surface area contributed by atoms with Gasteiger partial charge >= 0.3 is 0 Å². The maximum absolute atomic E-state index is 3.16. The third kappa shape index (κ3) is 8.19. The quantitative estimate of drug-likeness (QED) is 0.184. The molecule has 0 spiro atoms. The van der Waals surface area contributed by atoms with Gasteiger partial charge in [0.1, 0.15) is 0 Å². The van der Waals surface area contributed by atoms with Crippen molar-refractivity contribution in [1.29, 1.82) is 0 Å². The molecule has 5 rings (SSSR count). The van der Waals surface area contributed by atoms with Gasteiger partial charge in [-0.15, -0.1) is 0 Å². The van der Waals surface area contributed by atoms with Crippen LogP contribution in [0.1, 0.15) is 161 Å². The summed E-state index contributed by atoms with van der Waals surface area (Å²) in [6.07, 6.45) is 39.0. The summed E-state index contributed by atoms with van der Waals surface area (Å²) in [7, 11) is 0.487. The van der Waals surface area contributed by atoms with Crippen LogP contribution in [0.15, 0.2) is 0 Å². The number of likely N-dealkylation sites (tertiary alicyclic amines) is 1. The average Bonchev–Trinajstić information content (AvgIpc) is 3.36. The van der Waals surface area contributed by atoms with E-state index in [1.807, 2.05) is 0 Å². The van der Waals surface area contributed by atoms with Crippen LogP contribution in [0.2, 0.25) is 0 Å². The number of nitrogens with zero attached hydrogens (tertiary/aromatic N) is 1. The predicted octanol–water partition coefficient (Wildman–Crippen LogP) is 10.9. The predicted molar refractivity (Wildman–Crippen MR) is 169 cm³/mol. The van der Waals surface area contributed by atoms with Crippen molar-refractivity contribution in [3.8, 4) is 0 Å². The van der Waals surface area contributed by atoms with Crippen LogP contribution in [0.25, 0.3) is 0 Å². The highest BCUT2D eigenvalue weighted by molar-refractivity contribution is 7.60. The van der Waals surface area contributed by atoms with Gasteiger partial charge in [-0.05, 0) is 105 Å². The van der Waals surface area contributed by atoms with Gasteiger partial charge in [0.25, 0.3) is 0 Å². The number of hydrogen-bond donors (Lipinski definition) is 0. The second-order valence-electron chi connectivity index (χ2n) is 14.1. The van der Waals surface area contributed by atoms with E-state index in [2.05, 4.69) is 11.8 Å². The first-order valence-corrected chi connectivity index (χ1v) is 20.8. The fraction of sp³-hybridized carbons (Fsp3) is 1.00. The maximum atomic E-state index is 3.16. The first-order valence-electron chi connectivity index (χ1n) is 17.6. The molecular weight excluding hydrogens is 484 g/mol. The van der Waals surface area contributed by atoms with Gasteiger partial charge in [-0.25, -0.2) is 0 Å². The first-order chi connectivity index (χ1) is 18.3. The Bertz CT molecular complexity index is 579. The Labute approximate surface area is 235 Å². The highest BCUT2D eigenvalue weighted by Gasteiger charge is 2.44. The highest BCUT2D eigenvalue weighted by atomic mass is 31.1. The summed E-state index contributed by atoms with van der Waals surface area (Å²) < 4.78 is 0. The Morgan fingerprint density at radius 1 is 0.541 bits per heavy atom. The molecule has 5 aliphatic rings. The molecule has 1 heterocycles. The summed E-state index contributed by atoms with van der Waals surface area (Å²) >= 11 is 0. The van der Waals surface area contributed by atoms with Crippen LogP contribution in [-0.4, -0.2) is 58.5 Å². The standard InChI is InChI=1S/C34H63NP2/c1-2-3-16-25-35-27-34(37(32-21-12-6-13-22-32)33-23-14-7-15-24-33)26-29(35)28-36(30-17-8-4-9-18-30)31-19-10-5-11-20-31/h29-34H,2-28H2,1H3/t29-,34-/m0/s1. The van der Waals surface area contributed by atoms with Crippen molar-refractivity contribution >= 4 is 15.8 Å². The Kier molecular flexibility index (Phi) is 12.5. The lowest BCUT2D eigenvalue weighted by Gasteiger charge is -2.42. The third-order valence-electron chi connectivity index (χ3n) is 11.5. The Morgan fingerprint density at radius 3 is 1.46 bits per heavy atom. The number of unbranched alkanes of at least 4 members (excludes halogenated alkanes) is 2. The maximum Gasteiger partial charge on any atom is 0.0141 e. The van der Waals surface area contributed by atoms with Crippen molar-refractivity contribution in [2.75, 3.05) is 19.3 Å². The molecule has 4 aliphatic carbocycles. The molecule has 1 aliphatic heterocycles. The molecule has 3 heteroatoms. The molecule has 214 valence electrons. The van der Waals surface area contributed by atoms with E-state index >= 15 is 0 Å². The Balaban J connectivity index is 1.33. The monoisotopic (exact) mass is 547 g/mol. The van der Waals surface area contributed by atoms with Crippen molar-refractivity contribution in [3.63, 3.8) is 0 Å². The van der Waals surface area contributed by atoms with Crippen LogP contribution in [0.3, 0.4) is 0 Å². The molecule has 2 atom stereocenters.